The minimum Gasteiger partial charge on any atom is -0.494 e. The van der Waals surface area contributed by atoms with Crippen molar-refractivity contribution < 1.29 is 19.1 Å². The predicted molar refractivity (Wildman–Crippen MR) is 113 cm³/mol. The van der Waals surface area contributed by atoms with Crippen molar-refractivity contribution in [3.05, 3.63) is 59.2 Å². The Kier molecular flexibility index (Phi) is 6.75. The van der Waals surface area contributed by atoms with Crippen molar-refractivity contribution in [2.75, 3.05) is 44.3 Å². The Balaban J connectivity index is 1.48. The number of nitrogens with zero attached hydrogens (tertiary/aromatic N) is 2. The molecule has 0 spiro atoms. The van der Waals surface area contributed by atoms with Crippen molar-refractivity contribution in [1.29, 1.82) is 0 Å². The summed E-state index contributed by atoms with van der Waals surface area (Å²) in [5, 5.41) is 0. The van der Waals surface area contributed by atoms with Gasteiger partial charge in [-0.15, -0.1) is 0 Å². The number of esters is 1. The van der Waals surface area contributed by atoms with Gasteiger partial charge >= 0.3 is 5.97 Å². The first-order chi connectivity index (χ1) is 14.0. The maximum Gasteiger partial charge on any atom is 0.338 e. The van der Waals surface area contributed by atoms with E-state index in [1.54, 1.807) is 29.2 Å². The highest BCUT2D eigenvalue weighted by Crippen LogP contribution is 2.24. The van der Waals surface area contributed by atoms with Crippen LogP contribution in [0.2, 0.25) is 0 Å². The van der Waals surface area contributed by atoms with Crippen LogP contribution in [0, 0.1) is 13.8 Å². The van der Waals surface area contributed by atoms with E-state index in [0.29, 0.717) is 31.0 Å². The van der Waals surface area contributed by atoms with Crippen molar-refractivity contribution in [2.24, 2.45) is 0 Å². The second-order valence-corrected chi connectivity index (χ2v) is 7.12. The lowest BCUT2D eigenvalue weighted by Gasteiger charge is -2.37. The summed E-state index contributed by atoms with van der Waals surface area (Å²) in [6.45, 7) is 9.23. The fourth-order valence-corrected chi connectivity index (χ4v) is 3.43. The van der Waals surface area contributed by atoms with Crippen molar-refractivity contribution >= 4 is 17.6 Å². The molecule has 0 N–H and O–H groups in total. The van der Waals surface area contributed by atoms with Crippen LogP contribution in [0.5, 0.6) is 5.75 Å². The van der Waals surface area contributed by atoms with Gasteiger partial charge in [0.2, 0.25) is 0 Å². The summed E-state index contributed by atoms with van der Waals surface area (Å²) in [4.78, 5) is 28.7. The highest BCUT2D eigenvalue weighted by molar-refractivity contribution is 5.91. The average Bonchev–Trinajstić information content (AvgIpc) is 2.74. The first kappa shape index (κ1) is 20.7. The standard InChI is InChI=1S/C23H28N2O4/c1-4-28-20-10-8-19(9-11-20)23(27)29-16-22(26)25-14-12-24(13-15-25)21-7-5-6-17(2)18(21)3/h5-11H,4,12-16H2,1-3H3. The molecule has 1 aliphatic rings. The third kappa shape index (κ3) is 5.08. The van der Waals surface area contributed by atoms with Gasteiger partial charge in [-0.1, -0.05) is 12.1 Å². The Morgan fingerprint density at radius 3 is 2.31 bits per heavy atom. The molecule has 29 heavy (non-hydrogen) atoms. The zero-order valence-corrected chi connectivity index (χ0v) is 17.3. The number of carbonyl (C=O) groups excluding carboxylic acids is 2. The van der Waals surface area contributed by atoms with E-state index in [-0.39, 0.29) is 12.5 Å². The van der Waals surface area contributed by atoms with Crippen molar-refractivity contribution in [1.82, 2.24) is 4.90 Å². The second-order valence-electron chi connectivity index (χ2n) is 7.12. The zero-order valence-electron chi connectivity index (χ0n) is 17.3. The van der Waals surface area contributed by atoms with Gasteiger partial charge in [-0.05, 0) is 62.2 Å². The summed E-state index contributed by atoms with van der Waals surface area (Å²) < 4.78 is 10.6. The maximum atomic E-state index is 12.4. The van der Waals surface area contributed by atoms with Gasteiger partial charge in [0.25, 0.3) is 5.91 Å². The Morgan fingerprint density at radius 2 is 1.66 bits per heavy atom. The van der Waals surface area contributed by atoms with E-state index in [9.17, 15) is 9.59 Å². The van der Waals surface area contributed by atoms with Gasteiger partial charge in [0.05, 0.1) is 12.2 Å². The number of ether oxygens (including phenoxy) is 2. The van der Waals surface area contributed by atoms with E-state index < -0.39 is 5.97 Å². The van der Waals surface area contributed by atoms with E-state index in [1.807, 2.05) is 6.92 Å². The lowest BCUT2D eigenvalue weighted by atomic mass is 10.1. The number of piperazine rings is 1. The number of hydrogen-bond acceptors (Lipinski definition) is 5. The van der Waals surface area contributed by atoms with Crippen LogP contribution in [0.1, 0.15) is 28.4 Å². The molecule has 1 amide bonds. The van der Waals surface area contributed by atoms with Gasteiger partial charge in [0, 0.05) is 31.9 Å². The molecule has 0 atom stereocenters. The average molecular weight is 396 g/mol. The van der Waals surface area contributed by atoms with Crippen LogP contribution >= 0.6 is 0 Å². The number of carbonyl (C=O) groups is 2. The van der Waals surface area contributed by atoms with Crippen LogP contribution in [0.25, 0.3) is 0 Å². The monoisotopic (exact) mass is 396 g/mol. The van der Waals surface area contributed by atoms with Crippen molar-refractivity contribution in [3.8, 4) is 5.75 Å². The molecule has 0 aliphatic carbocycles. The fourth-order valence-electron chi connectivity index (χ4n) is 3.43. The highest BCUT2D eigenvalue weighted by atomic mass is 16.5. The summed E-state index contributed by atoms with van der Waals surface area (Å²) in [7, 11) is 0. The molecule has 1 fully saturated rings. The molecule has 0 saturated carbocycles. The number of benzene rings is 2. The molecule has 2 aromatic rings. The lowest BCUT2D eigenvalue weighted by molar-refractivity contribution is -0.134. The fraction of sp³-hybridized carbons (Fsp3) is 0.391. The third-order valence-corrected chi connectivity index (χ3v) is 5.28. The molecule has 2 aromatic carbocycles. The van der Waals surface area contributed by atoms with Crippen LogP contribution < -0.4 is 9.64 Å². The number of rotatable bonds is 6. The van der Waals surface area contributed by atoms with E-state index in [2.05, 4.69) is 36.9 Å². The van der Waals surface area contributed by atoms with Gasteiger partial charge < -0.3 is 19.3 Å². The Bertz CT molecular complexity index is 856. The first-order valence-electron chi connectivity index (χ1n) is 9.98. The maximum absolute atomic E-state index is 12.4. The van der Waals surface area contributed by atoms with Gasteiger partial charge in [-0.3, -0.25) is 4.79 Å². The van der Waals surface area contributed by atoms with Crippen molar-refractivity contribution in [2.45, 2.75) is 20.8 Å². The molecule has 154 valence electrons. The molecule has 1 saturated heterocycles. The molecule has 1 aliphatic heterocycles. The molecule has 0 bridgehead atoms. The summed E-state index contributed by atoms with van der Waals surface area (Å²) in [6.07, 6.45) is 0. The van der Waals surface area contributed by atoms with E-state index >= 15 is 0 Å². The van der Waals surface area contributed by atoms with Crippen LogP contribution in [0.3, 0.4) is 0 Å². The largest absolute Gasteiger partial charge is 0.494 e. The van der Waals surface area contributed by atoms with Crippen LogP contribution in [0.4, 0.5) is 5.69 Å². The molecule has 0 radical (unpaired) electrons. The molecule has 3 rings (SSSR count). The van der Waals surface area contributed by atoms with Gasteiger partial charge in [0.1, 0.15) is 5.75 Å². The van der Waals surface area contributed by atoms with Gasteiger partial charge in [0.15, 0.2) is 6.61 Å². The molecular weight excluding hydrogens is 368 g/mol. The van der Waals surface area contributed by atoms with E-state index in [1.165, 1.54) is 16.8 Å². The SMILES string of the molecule is CCOc1ccc(C(=O)OCC(=O)N2CCN(c3cccc(C)c3C)CC2)cc1. The Labute approximate surface area is 172 Å². The van der Waals surface area contributed by atoms with E-state index in [4.69, 9.17) is 9.47 Å². The summed E-state index contributed by atoms with van der Waals surface area (Å²) in [5.74, 6) is 0.0298. The topological polar surface area (TPSA) is 59.1 Å². The highest BCUT2D eigenvalue weighted by Gasteiger charge is 2.23. The summed E-state index contributed by atoms with van der Waals surface area (Å²) >= 11 is 0. The third-order valence-electron chi connectivity index (χ3n) is 5.28. The molecule has 1 heterocycles. The Morgan fingerprint density at radius 1 is 0.966 bits per heavy atom. The Hall–Kier alpha value is -3.02. The summed E-state index contributed by atoms with van der Waals surface area (Å²) in [5.41, 5.74) is 4.17. The molecule has 6 heteroatoms. The zero-order chi connectivity index (χ0) is 20.8. The van der Waals surface area contributed by atoms with Crippen LogP contribution in [0.15, 0.2) is 42.5 Å². The number of aryl methyl sites for hydroxylation is 1. The van der Waals surface area contributed by atoms with E-state index in [0.717, 1.165) is 13.1 Å². The quantitative estimate of drug-likeness (QED) is 0.702. The molecule has 0 aromatic heterocycles. The smallest absolute Gasteiger partial charge is 0.338 e. The second kappa shape index (κ2) is 9.45. The lowest BCUT2D eigenvalue weighted by Crippen LogP contribution is -2.50. The minimum atomic E-state index is -0.504. The molecular formula is C23H28N2O4. The minimum absolute atomic E-state index is 0.162. The number of hydrogen-bond donors (Lipinski definition) is 0. The van der Waals surface area contributed by atoms with Crippen LogP contribution in [-0.4, -0.2) is 56.2 Å². The molecule has 6 nitrogen and oxygen atoms in total. The predicted octanol–water partition coefficient (Wildman–Crippen LogP) is 3.21. The van der Waals surface area contributed by atoms with Gasteiger partial charge in [-0.25, -0.2) is 4.79 Å². The van der Waals surface area contributed by atoms with Crippen molar-refractivity contribution in [3.63, 3.8) is 0 Å². The molecule has 0 unspecified atom stereocenters. The number of amides is 1. The normalized spacial score (nSPS) is 13.9. The van der Waals surface area contributed by atoms with Crippen LogP contribution in [-0.2, 0) is 9.53 Å². The number of anilines is 1. The first-order valence-corrected chi connectivity index (χ1v) is 9.98. The van der Waals surface area contributed by atoms with Gasteiger partial charge in [-0.2, -0.15) is 0 Å². The summed E-state index contributed by atoms with van der Waals surface area (Å²) in [6, 6.07) is 13.0.